The molecule has 0 spiro atoms. The predicted octanol–water partition coefficient (Wildman–Crippen LogP) is 1.38. The summed E-state index contributed by atoms with van der Waals surface area (Å²) >= 11 is 0. The summed E-state index contributed by atoms with van der Waals surface area (Å²) in [6.07, 6.45) is 3.27. The molecule has 2 rings (SSSR count). The van der Waals surface area contributed by atoms with E-state index < -0.39 is 0 Å². The number of rotatable bonds is 1. The van der Waals surface area contributed by atoms with E-state index >= 15 is 0 Å². The van der Waals surface area contributed by atoms with Crippen LogP contribution in [0.2, 0.25) is 0 Å². The van der Waals surface area contributed by atoms with E-state index in [1.807, 2.05) is 0 Å². The molecule has 0 aliphatic rings. The molecule has 2 aromatic heterocycles. The Bertz CT molecular complexity index is 481. The molecule has 4 nitrogen and oxygen atoms in total. The molecule has 13 heavy (non-hydrogen) atoms. The lowest BCUT2D eigenvalue weighted by Gasteiger charge is -1.97. The second-order valence-corrected chi connectivity index (χ2v) is 2.63. The molecule has 0 atom stereocenters. The maximum atomic E-state index is 8.95. The van der Waals surface area contributed by atoms with Crippen LogP contribution in [-0.4, -0.2) is 14.5 Å². The lowest BCUT2D eigenvalue weighted by atomic mass is 10.4. The first-order valence-electron chi connectivity index (χ1n) is 3.79. The van der Waals surface area contributed by atoms with Crippen LogP contribution < -0.4 is 0 Å². The minimum absolute atomic E-state index is 0.0668. The highest BCUT2D eigenvalue weighted by Gasteiger charge is 2.01. The van der Waals surface area contributed by atoms with E-state index in [-0.39, 0.29) is 6.61 Å². The first-order valence-corrected chi connectivity index (χ1v) is 3.79. The zero-order chi connectivity index (χ0) is 9.26. The number of imidazole rings is 1. The van der Waals surface area contributed by atoms with Crippen molar-refractivity contribution in [3.8, 4) is 0 Å². The van der Waals surface area contributed by atoms with Crippen LogP contribution in [0.3, 0.4) is 0 Å². The number of hydrogen-bond acceptors (Lipinski definition) is 2. The van der Waals surface area contributed by atoms with E-state index in [1.54, 1.807) is 28.9 Å². The van der Waals surface area contributed by atoms with Gasteiger partial charge in [0.15, 0.2) is 0 Å². The van der Waals surface area contributed by atoms with Crippen molar-refractivity contribution in [3.63, 3.8) is 0 Å². The van der Waals surface area contributed by atoms with Gasteiger partial charge < -0.3 is 9.51 Å². The van der Waals surface area contributed by atoms with E-state index in [1.165, 1.54) is 0 Å². The lowest BCUT2D eigenvalue weighted by Crippen LogP contribution is -1.90. The maximum Gasteiger partial charge on any atom is 0.203 e. The molecule has 0 fully saturated rings. The zero-order valence-corrected chi connectivity index (χ0v) is 6.81. The van der Waals surface area contributed by atoms with Crippen molar-refractivity contribution >= 4 is 11.3 Å². The number of hydrogen-bond donors (Lipinski definition) is 1. The standard InChI is InChI=1S/C9H7N3O/c1-10-7-2-3-9-11-4-8(6-13)12(9)5-7/h2-5,13H,6H2. The van der Waals surface area contributed by atoms with Gasteiger partial charge in [0.1, 0.15) is 5.65 Å². The van der Waals surface area contributed by atoms with Gasteiger partial charge in [0.05, 0.1) is 25.1 Å². The van der Waals surface area contributed by atoms with Crippen LogP contribution in [0.25, 0.3) is 10.5 Å². The van der Waals surface area contributed by atoms with Gasteiger partial charge in [0.25, 0.3) is 0 Å². The van der Waals surface area contributed by atoms with Crippen LogP contribution in [0.15, 0.2) is 24.5 Å². The Balaban J connectivity index is 2.73. The molecule has 0 saturated carbocycles. The monoisotopic (exact) mass is 173 g/mol. The highest BCUT2D eigenvalue weighted by atomic mass is 16.3. The molecule has 0 amide bonds. The van der Waals surface area contributed by atoms with Crippen LogP contribution in [0, 0.1) is 6.57 Å². The minimum Gasteiger partial charge on any atom is -0.390 e. The molecule has 4 heteroatoms. The molecule has 0 bridgehead atoms. The van der Waals surface area contributed by atoms with Crippen molar-refractivity contribution in [3.05, 3.63) is 41.6 Å². The Labute approximate surface area is 74.9 Å². The second kappa shape index (κ2) is 2.88. The molecule has 0 aromatic carbocycles. The molecule has 1 N–H and O–H groups in total. The minimum atomic E-state index is -0.0668. The topological polar surface area (TPSA) is 41.9 Å². The van der Waals surface area contributed by atoms with Gasteiger partial charge in [-0.15, -0.1) is 0 Å². The highest BCUT2D eigenvalue weighted by molar-refractivity contribution is 5.51. The summed E-state index contributed by atoms with van der Waals surface area (Å²) in [6, 6.07) is 3.46. The molecule has 0 radical (unpaired) electrons. The van der Waals surface area contributed by atoms with Crippen molar-refractivity contribution in [2.45, 2.75) is 6.61 Å². The number of pyridine rings is 1. The molecular formula is C9H7N3O. The summed E-state index contributed by atoms with van der Waals surface area (Å²) in [5.41, 5.74) is 1.98. The smallest absolute Gasteiger partial charge is 0.203 e. The summed E-state index contributed by atoms with van der Waals surface area (Å²) in [4.78, 5) is 7.36. The third kappa shape index (κ3) is 1.15. The van der Waals surface area contributed by atoms with Crippen LogP contribution in [0.1, 0.15) is 5.69 Å². The average Bonchev–Trinajstić information content (AvgIpc) is 2.59. The number of fused-ring (bicyclic) bond motifs is 1. The fraction of sp³-hybridized carbons (Fsp3) is 0.111. The predicted molar refractivity (Wildman–Crippen MR) is 47.4 cm³/mol. The first-order chi connectivity index (χ1) is 6.35. The van der Waals surface area contributed by atoms with Crippen LogP contribution in [0.5, 0.6) is 0 Å². The largest absolute Gasteiger partial charge is 0.390 e. The van der Waals surface area contributed by atoms with E-state index in [9.17, 15) is 0 Å². The molecule has 0 unspecified atom stereocenters. The van der Waals surface area contributed by atoms with Crippen molar-refractivity contribution in [2.24, 2.45) is 0 Å². The normalized spacial score (nSPS) is 10.2. The fourth-order valence-electron chi connectivity index (χ4n) is 1.20. The van der Waals surface area contributed by atoms with Crippen molar-refractivity contribution in [2.75, 3.05) is 0 Å². The summed E-state index contributed by atoms with van der Waals surface area (Å²) in [5, 5.41) is 8.95. The molecule has 0 saturated heterocycles. The number of aliphatic hydroxyl groups excluding tert-OH is 1. The molecule has 2 aromatic rings. The van der Waals surface area contributed by atoms with Crippen LogP contribution in [-0.2, 0) is 6.61 Å². The Morgan fingerprint density at radius 3 is 3.08 bits per heavy atom. The third-order valence-corrected chi connectivity index (χ3v) is 1.86. The van der Waals surface area contributed by atoms with Crippen molar-refractivity contribution < 1.29 is 5.11 Å². The van der Waals surface area contributed by atoms with Gasteiger partial charge in [0, 0.05) is 6.20 Å². The van der Waals surface area contributed by atoms with Gasteiger partial charge in [-0.25, -0.2) is 9.83 Å². The Morgan fingerprint density at radius 2 is 2.38 bits per heavy atom. The lowest BCUT2D eigenvalue weighted by molar-refractivity contribution is 0.276. The fourth-order valence-corrected chi connectivity index (χ4v) is 1.20. The van der Waals surface area contributed by atoms with Crippen molar-refractivity contribution in [1.29, 1.82) is 0 Å². The third-order valence-electron chi connectivity index (χ3n) is 1.86. The van der Waals surface area contributed by atoms with E-state index in [4.69, 9.17) is 11.7 Å². The van der Waals surface area contributed by atoms with Gasteiger partial charge in [-0.05, 0) is 6.07 Å². The average molecular weight is 173 g/mol. The summed E-state index contributed by atoms with van der Waals surface area (Å²) in [5.74, 6) is 0. The SMILES string of the molecule is [C-]#[N+]c1ccc2ncc(CO)n2c1. The molecular weight excluding hydrogens is 166 g/mol. The number of aliphatic hydroxyl groups is 1. The Hall–Kier alpha value is -1.86. The van der Waals surface area contributed by atoms with Gasteiger partial charge in [-0.1, -0.05) is 6.07 Å². The Kier molecular flexibility index (Phi) is 1.72. The number of nitrogens with zero attached hydrogens (tertiary/aromatic N) is 3. The second-order valence-electron chi connectivity index (χ2n) is 2.63. The van der Waals surface area contributed by atoms with E-state index in [2.05, 4.69) is 9.83 Å². The highest BCUT2D eigenvalue weighted by Crippen LogP contribution is 2.14. The summed E-state index contributed by atoms with van der Waals surface area (Å²) in [7, 11) is 0. The van der Waals surface area contributed by atoms with Gasteiger partial charge >= 0.3 is 0 Å². The van der Waals surface area contributed by atoms with E-state index in [0.717, 1.165) is 5.65 Å². The summed E-state index contributed by atoms with van der Waals surface area (Å²) < 4.78 is 1.72. The quantitative estimate of drug-likeness (QED) is 0.662. The zero-order valence-electron chi connectivity index (χ0n) is 6.81. The summed E-state index contributed by atoms with van der Waals surface area (Å²) in [6.45, 7) is 6.76. The maximum absolute atomic E-state index is 8.95. The van der Waals surface area contributed by atoms with Gasteiger partial charge in [0.2, 0.25) is 5.69 Å². The first kappa shape index (κ1) is 7.77. The molecule has 0 aliphatic carbocycles. The van der Waals surface area contributed by atoms with Gasteiger partial charge in [-0.3, -0.25) is 0 Å². The molecule has 2 heterocycles. The van der Waals surface area contributed by atoms with Crippen LogP contribution in [0.4, 0.5) is 5.69 Å². The molecule has 0 aliphatic heterocycles. The van der Waals surface area contributed by atoms with Crippen molar-refractivity contribution in [1.82, 2.24) is 9.38 Å². The Morgan fingerprint density at radius 1 is 1.54 bits per heavy atom. The van der Waals surface area contributed by atoms with Crippen LogP contribution >= 0.6 is 0 Å². The van der Waals surface area contributed by atoms with E-state index in [0.29, 0.717) is 11.4 Å². The molecule has 64 valence electrons. The number of aromatic nitrogens is 2. The van der Waals surface area contributed by atoms with Gasteiger partial charge in [-0.2, -0.15) is 0 Å².